The van der Waals surface area contributed by atoms with Crippen LogP contribution in [0.3, 0.4) is 0 Å². The number of thiazole rings is 1. The van der Waals surface area contributed by atoms with E-state index in [-0.39, 0.29) is 11.8 Å². The summed E-state index contributed by atoms with van der Waals surface area (Å²) in [6.45, 7) is 2.21. The van der Waals surface area contributed by atoms with Gasteiger partial charge < -0.3 is 9.47 Å². The first-order valence-corrected chi connectivity index (χ1v) is 9.33. The normalized spacial score (nSPS) is 17.6. The Hall–Kier alpha value is -2.54. The molecule has 1 aliphatic heterocycles. The van der Waals surface area contributed by atoms with Crippen molar-refractivity contribution in [3.63, 3.8) is 0 Å². The fourth-order valence-electron chi connectivity index (χ4n) is 3.35. The molecule has 4 heterocycles. The minimum absolute atomic E-state index is 0.0513. The molecule has 6 nitrogen and oxygen atoms in total. The van der Waals surface area contributed by atoms with Gasteiger partial charge in [0.2, 0.25) is 0 Å². The molecule has 1 fully saturated rings. The smallest absolute Gasteiger partial charge is 0.255 e. The molecule has 3 aromatic rings. The number of piperidine rings is 1. The summed E-state index contributed by atoms with van der Waals surface area (Å²) < 4.78 is 2.15. The first-order chi connectivity index (χ1) is 12.3. The Labute approximate surface area is 150 Å². The third kappa shape index (κ3) is 3.46. The van der Waals surface area contributed by atoms with Gasteiger partial charge >= 0.3 is 0 Å². The minimum atomic E-state index is 0.0513. The Kier molecular flexibility index (Phi) is 4.56. The Morgan fingerprint density at radius 3 is 3.08 bits per heavy atom. The van der Waals surface area contributed by atoms with E-state index >= 15 is 0 Å². The number of hydrogen-bond donors (Lipinski definition) is 0. The lowest BCUT2D eigenvalue weighted by molar-refractivity contribution is 0.0703. The molecule has 0 bridgehead atoms. The van der Waals surface area contributed by atoms with E-state index < -0.39 is 0 Å². The summed E-state index contributed by atoms with van der Waals surface area (Å²) in [6, 6.07) is 3.62. The maximum atomic E-state index is 12.7. The summed E-state index contributed by atoms with van der Waals surface area (Å²) in [6.07, 6.45) is 9.19. The van der Waals surface area contributed by atoms with Gasteiger partial charge in [0.05, 0.1) is 23.3 Å². The lowest BCUT2D eigenvalue weighted by atomic mass is 9.96. The number of pyridine rings is 1. The van der Waals surface area contributed by atoms with Gasteiger partial charge in [-0.2, -0.15) is 0 Å². The van der Waals surface area contributed by atoms with Crippen LogP contribution in [0, 0.1) is 0 Å². The van der Waals surface area contributed by atoms with Crippen LogP contribution in [0.25, 0.3) is 0 Å². The first kappa shape index (κ1) is 16.0. The fraction of sp³-hybridized carbons (Fsp3) is 0.333. The third-order valence-corrected chi connectivity index (χ3v) is 5.18. The molecule has 0 spiro atoms. The third-order valence-electron chi connectivity index (χ3n) is 4.55. The minimum Gasteiger partial charge on any atom is -0.338 e. The van der Waals surface area contributed by atoms with Gasteiger partial charge in [0.15, 0.2) is 0 Å². The molecular weight excluding hydrogens is 334 g/mol. The highest BCUT2D eigenvalue weighted by Gasteiger charge is 2.28. The van der Waals surface area contributed by atoms with Crippen molar-refractivity contribution in [3.05, 3.63) is 64.9 Å². The Morgan fingerprint density at radius 1 is 1.32 bits per heavy atom. The van der Waals surface area contributed by atoms with E-state index in [1.165, 1.54) is 0 Å². The molecule has 1 amide bonds. The SMILES string of the molecule is O=C(c1cccnc1)N1CCC[C@@H](c2nccn2Cc2cscn2)C1. The summed E-state index contributed by atoms with van der Waals surface area (Å²) in [5.41, 5.74) is 3.54. The molecule has 0 radical (unpaired) electrons. The van der Waals surface area contributed by atoms with E-state index in [1.54, 1.807) is 29.8 Å². The predicted octanol–water partition coefficient (Wildman–Crippen LogP) is 2.80. The Balaban J connectivity index is 1.50. The zero-order valence-corrected chi connectivity index (χ0v) is 14.6. The molecule has 3 aromatic heterocycles. The zero-order chi connectivity index (χ0) is 17.1. The van der Waals surface area contributed by atoms with Crippen LogP contribution in [-0.2, 0) is 6.54 Å². The van der Waals surface area contributed by atoms with Crippen molar-refractivity contribution >= 4 is 17.2 Å². The van der Waals surface area contributed by atoms with E-state index in [0.717, 1.165) is 37.4 Å². The van der Waals surface area contributed by atoms with E-state index in [0.29, 0.717) is 12.1 Å². The highest BCUT2D eigenvalue weighted by molar-refractivity contribution is 7.07. The maximum absolute atomic E-state index is 12.7. The van der Waals surface area contributed by atoms with Crippen molar-refractivity contribution in [2.45, 2.75) is 25.3 Å². The predicted molar refractivity (Wildman–Crippen MR) is 95.6 cm³/mol. The lowest BCUT2D eigenvalue weighted by Crippen LogP contribution is -2.39. The molecule has 0 saturated carbocycles. The second-order valence-corrected chi connectivity index (χ2v) is 6.94. The quantitative estimate of drug-likeness (QED) is 0.723. The van der Waals surface area contributed by atoms with Gasteiger partial charge in [0.1, 0.15) is 5.82 Å². The van der Waals surface area contributed by atoms with Gasteiger partial charge in [-0.3, -0.25) is 9.78 Å². The first-order valence-electron chi connectivity index (χ1n) is 8.38. The number of imidazole rings is 1. The van der Waals surface area contributed by atoms with Crippen LogP contribution in [-0.4, -0.2) is 43.4 Å². The van der Waals surface area contributed by atoms with Crippen LogP contribution in [0.15, 0.2) is 47.8 Å². The number of carbonyl (C=O) groups is 1. The molecule has 0 unspecified atom stereocenters. The number of hydrogen-bond acceptors (Lipinski definition) is 5. The van der Waals surface area contributed by atoms with Crippen LogP contribution in [0.2, 0.25) is 0 Å². The van der Waals surface area contributed by atoms with Crippen LogP contribution >= 0.6 is 11.3 Å². The van der Waals surface area contributed by atoms with Gasteiger partial charge in [-0.05, 0) is 25.0 Å². The largest absolute Gasteiger partial charge is 0.338 e. The maximum Gasteiger partial charge on any atom is 0.255 e. The summed E-state index contributed by atoms with van der Waals surface area (Å²) in [7, 11) is 0. The molecule has 128 valence electrons. The van der Waals surface area contributed by atoms with Gasteiger partial charge in [-0.1, -0.05) is 0 Å². The van der Waals surface area contributed by atoms with Crippen LogP contribution < -0.4 is 0 Å². The van der Waals surface area contributed by atoms with Crippen molar-refractivity contribution in [1.29, 1.82) is 0 Å². The average Bonchev–Trinajstić information content (AvgIpc) is 3.34. The number of aromatic nitrogens is 4. The van der Waals surface area contributed by atoms with Crippen molar-refractivity contribution in [2.75, 3.05) is 13.1 Å². The Morgan fingerprint density at radius 2 is 2.28 bits per heavy atom. The summed E-state index contributed by atoms with van der Waals surface area (Å²) in [5, 5.41) is 2.06. The fourth-order valence-corrected chi connectivity index (χ4v) is 3.90. The molecule has 4 rings (SSSR count). The standard InChI is InChI=1S/C18H19N5OS/c24-18(14-3-1-5-19-9-14)23-7-2-4-15(10-23)17-20-6-8-22(17)11-16-12-25-13-21-16/h1,3,5-6,8-9,12-13,15H,2,4,7,10-11H2/t15-/m1/s1. The molecule has 1 aliphatic rings. The van der Waals surface area contributed by atoms with Crippen LogP contribution in [0.4, 0.5) is 0 Å². The number of rotatable bonds is 4. The van der Waals surface area contributed by atoms with Crippen molar-refractivity contribution in [3.8, 4) is 0 Å². The average molecular weight is 353 g/mol. The number of amides is 1. The van der Waals surface area contributed by atoms with E-state index in [2.05, 4.69) is 24.9 Å². The summed E-state index contributed by atoms with van der Waals surface area (Å²) in [5.74, 6) is 1.34. The molecule has 7 heteroatoms. The highest BCUT2D eigenvalue weighted by atomic mass is 32.1. The molecule has 0 aromatic carbocycles. The van der Waals surface area contributed by atoms with Crippen molar-refractivity contribution in [1.82, 2.24) is 24.4 Å². The number of nitrogens with zero attached hydrogens (tertiary/aromatic N) is 5. The second kappa shape index (κ2) is 7.14. The van der Waals surface area contributed by atoms with E-state index in [9.17, 15) is 4.79 Å². The summed E-state index contributed by atoms with van der Waals surface area (Å²) >= 11 is 1.60. The van der Waals surface area contributed by atoms with E-state index in [1.807, 2.05) is 28.9 Å². The number of carbonyl (C=O) groups excluding carboxylic acids is 1. The lowest BCUT2D eigenvalue weighted by Gasteiger charge is -2.32. The van der Waals surface area contributed by atoms with Gasteiger partial charge in [0.25, 0.3) is 5.91 Å². The highest BCUT2D eigenvalue weighted by Crippen LogP contribution is 2.27. The summed E-state index contributed by atoms with van der Waals surface area (Å²) in [4.78, 5) is 27.6. The van der Waals surface area contributed by atoms with Crippen LogP contribution in [0.5, 0.6) is 0 Å². The topological polar surface area (TPSA) is 63.9 Å². The molecule has 1 atom stereocenters. The van der Waals surface area contributed by atoms with E-state index in [4.69, 9.17) is 0 Å². The Bertz CT molecular complexity index is 830. The molecule has 0 N–H and O–H groups in total. The van der Waals surface area contributed by atoms with Crippen LogP contribution in [0.1, 0.15) is 40.6 Å². The van der Waals surface area contributed by atoms with Gasteiger partial charge in [0, 0.05) is 49.2 Å². The van der Waals surface area contributed by atoms with Gasteiger partial charge in [-0.15, -0.1) is 11.3 Å². The zero-order valence-electron chi connectivity index (χ0n) is 13.8. The molecular formula is C18H19N5OS. The number of likely N-dealkylation sites (tertiary alicyclic amines) is 1. The van der Waals surface area contributed by atoms with Crippen molar-refractivity contribution < 1.29 is 4.79 Å². The second-order valence-electron chi connectivity index (χ2n) is 6.23. The molecule has 1 saturated heterocycles. The van der Waals surface area contributed by atoms with Crippen molar-refractivity contribution in [2.24, 2.45) is 0 Å². The van der Waals surface area contributed by atoms with Gasteiger partial charge in [-0.25, -0.2) is 9.97 Å². The monoisotopic (exact) mass is 353 g/mol. The molecule has 0 aliphatic carbocycles. The molecule has 25 heavy (non-hydrogen) atoms.